The van der Waals surface area contributed by atoms with Crippen molar-refractivity contribution in [3.8, 4) is 11.5 Å². The number of ether oxygens (including phenoxy) is 2. The summed E-state index contributed by atoms with van der Waals surface area (Å²) >= 11 is 1.97. The first-order valence-corrected chi connectivity index (χ1v) is 12.5. The molecule has 0 saturated heterocycles. The number of hydrogen-bond acceptors (Lipinski definition) is 4. The minimum Gasteiger partial charge on any atom is -0.497 e. The van der Waals surface area contributed by atoms with Gasteiger partial charge in [-0.25, -0.2) is 0 Å². The molecule has 0 atom stereocenters. The molecule has 0 aromatic heterocycles. The molecule has 0 aliphatic carbocycles. The largest absolute Gasteiger partial charge is 0.497 e. The first-order chi connectivity index (χ1) is 16.8. The lowest BCUT2D eigenvalue weighted by Gasteiger charge is -2.35. The van der Waals surface area contributed by atoms with Gasteiger partial charge in [-0.3, -0.25) is 0 Å². The van der Waals surface area contributed by atoms with Crippen LogP contribution in [0, 0.1) is 0 Å². The highest BCUT2D eigenvalue weighted by Crippen LogP contribution is 2.48. The Hall–Kier alpha value is -3.21. The minimum absolute atomic E-state index is 0.288. The SMILES string of the molecule is COc1ccc(CNCCSC(c2ccccc2)(c2ccccc2)c2ccccc2)c(OC)c1. The van der Waals surface area contributed by atoms with Crippen LogP contribution in [-0.2, 0) is 11.3 Å². The third-order valence-electron chi connectivity index (χ3n) is 5.95. The summed E-state index contributed by atoms with van der Waals surface area (Å²) in [7, 11) is 3.37. The summed E-state index contributed by atoms with van der Waals surface area (Å²) < 4.78 is 10.6. The highest BCUT2D eigenvalue weighted by molar-refractivity contribution is 8.00. The van der Waals surface area contributed by atoms with E-state index in [1.54, 1.807) is 14.2 Å². The lowest BCUT2D eigenvalue weighted by molar-refractivity contribution is 0.390. The molecule has 0 fully saturated rings. The van der Waals surface area contributed by atoms with Gasteiger partial charge in [0.05, 0.1) is 19.0 Å². The van der Waals surface area contributed by atoms with Crippen LogP contribution >= 0.6 is 11.8 Å². The summed E-state index contributed by atoms with van der Waals surface area (Å²) in [6.07, 6.45) is 0. The molecule has 0 bridgehead atoms. The van der Waals surface area contributed by atoms with Gasteiger partial charge in [-0.15, -0.1) is 11.8 Å². The molecule has 1 N–H and O–H groups in total. The second-order valence-corrected chi connectivity index (χ2v) is 9.29. The van der Waals surface area contributed by atoms with E-state index in [2.05, 4.69) is 102 Å². The van der Waals surface area contributed by atoms with Crippen LogP contribution in [-0.4, -0.2) is 26.5 Å². The maximum atomic E-state index is 5.55. The molecule has 4 aromatic carbocycles. The van der Waals surface area contributed by atoms with Crippen molar-refractivity contribution in [2.45, 2.75) is 11.3 Å². The van der Waals surface area contributed by atoms with Gasteiger partial charge in [0.1, 0.15) is 11.5 Å². The van der Waals surface area contributed by atoms with Crippen molar-refractivity contribution in [2.75, 3.05) is 26.5 Å². The molecule has 4 rings (SSSR count). The van der Waals surface area contributed by atoms with E-state index in [0.29, 0.717) is 0 Å². The van der Waals surface area contributed by atoms with Crippen molar-refractivity contribution in [3.05, 3.63) is 131 Å². The molecular formula is C30H31NO2S. The third kappa shape index (κ3) is 5.30. The van der Waals surface area contributed by atoms with Crippen LogP contribution in [0.2, 0.25) is 0 Å². The minimum atomic E-state index is -0.288. The van der Waals surface area contributed by atoms with Crippen LogP contribution < -0.4 is 14.8 Å². The van der Waals surface area contributed by atoms with Crippen molar-refractivity contribution >= 4 is 11.8 Å². The summed E-state index contributed by atoms with van der Waals surface area (Å²) in [6, 6.07) is 38.4. The molecule has 0 saturated carbocycles. The van der Waals surface area contributed by atoms with Gasteiger partial charge >= 0.3 is 0 Å². The van der Waals surface area contributed by atoms with Gasteiger partial charge in [-0.2, -0.15) is 0 Å². The summed E-state index contributed by atoms with van der Waals surface area (Å²) in [6.45, 7) is 1.61. The predicted octanol–water partition coefficient (Wildman–Crippen LogP) is 6.52. The van der Waals surface area contributed by atoms with Gasteiger partial charge in [0.25, 0.3) is 0 Å². The highest BCUT2D eigenvalue weighted by Gasteiger charge is 2.36. The van der Waals surface area contributed by atoms with E-state index < -0.39 is 0 Å². The molecule has 0 heterocycles. The Morgan fingerprint density at radius 2 is 1.21 bits per heavy atom. The Labute approximate surface area is 207 Å². The van der Waals surface area contributed by atoms with Crippen molar-refractivity contribution < 1.29 is 9.47 Å². The van der Waals surface area contributed by atoms with E-state index in [4.69, 9.17) is 9.47 Å². The third-order valence-corrected chi connectivity index (χ3v) is 7.50. The molecular weight excluding hydrogens is 438 g/mol. The van der Waals surface area contributed by atoms with E-state index in [0.717, 1.165) is 35.9 Å². The number of rotatable bonds is 11. The van der Waals surface area contributed by atoms with E-state index in [1.807, 2.05) is 23.9 Å². The van der Waals surface area contributed by atoms with Crippen molar-refractivity contribution in [3.63, 3.8) is 0 Å². The molecule has 0 spiro atoms. The maximum Gasteiger partial charge on any atom is 0.127 e. The molecule has 3 nitrogen and oxygen atoms in total. The molecule has 0 amide bonds. The zero-order chi connectivity index (χ0) is 23.6. The molecule has 0 aliphatic heterocycles. The predicted molar refractivity (Wildman–Crippen MR) is 143 cm³/mol. The number of nitrogens with one attached hydrogen (secondary N) is 1. The Kier molecular flexibility index (Phi) is 8.29. The Balaban J connectivity index is 1.55. The van der Waals surface area contributed by atoms with Crippen LogP contribution in [0.4, 0.5) is 0 Å². The van der Waals surface area contributed by atoms with E-state index in [1.165, 1.54) is 16.7 Å². The average Bonchev–Trinajstić information content (AvgIpc) is 2.92. The lowest BCUT2D eigenvalue weighted by atomic mass is 9.84. The number of hydrogen-bond donors (Lipinski definition) is 1. The second kappa shape index (κ2) is 11.8. The maximum absolute atomic E-state index is 5.55. The standard InChI is InChI=1S/C30H31NO2S/c1-32-28-19-18-24(29(22-28)33-2)23-31-20-21-34-30(25-12-6-3-7-13-25,26-14-8-4-9-15-26)27-16-10-5-11-17-27/h3-19,22,31H,20-21,23H2,1-2H3. The first-order valence-electron chi connectivity index (χ1n) is 11.5. The number of methoxy groups -OCH3 is 2. The van der Waals surface area contributed by atoms with Gasteiger partial charge < -0.3 is 14.8 Å². The van der Waals surface area contributed by atoms with Crippen LogP contribution in [0.15, 0.2) is 109 Å². The summed E-state index contributed by atoms with van der Waals surface area (Å²) in [5.74, 6) is 2.58. The van der Waals surface area contributed by atoms with Gasteiger partial charge in [-0.05, 0) is 22.8 Å². The first kappa shape index (κ1) is 23.9. The molecule has 4 aromatic rings. The summed E-state index contributed by atoms with van der Waals surface area (Å²) in [5, 5.41) is 3.60. The lowest BCUT2D eigenvalue weighted by Crippen LogP contribution is -2.28. The van der Waals surface area contributed by atoms with Crippen LogP contribution in [0.5, 0.6) is 11.5 Å². The Morgan fingerprint density at radius 1 is 0.676 bits per heavy atom. The molecule has 0 aliphatic rings. The van der Waals surface area contributed by atoms with E-state index >= 15 is 0 Å². The zero-order valence-corrected chi connectivity index (χ0v) is 20.6. The van der Waals surface area contributed by atoms with E-state index in [-0.39, 0.29) is 4.75 Å². The Bertz CT molecular complexity index is 1050. The molecule has 174 valence electrons. The normalized spacial score (nSPS) is 11.2. The van der Waals surface area contributed by atoms with Crippen molar-refractivity contribution in [1.82, 2.24) is 5.32 Å². The van der Waals surface area contributed by atoms with Crippen molar-refractivity contribution in [2.24, 2.45) is 0 Å². The fraction of sp³-hybridized carbons (Fsp3) is 0.200. The monoisotopic (exact) mass is 469 g/mol. The molecule has 34 heavy (non-hydrogen) atoms. The topological polar surface area (TPSA) is 30.5 Å². The highest BCUT2D eigenvalue weighted by atomic mass is 32.2. The zero-order valence-electron chi connectivity index (χ0n) is 19.7. The molecule has 0 unspecified atom stereocenters. The van der Waals surface area contributed by atoms with Gasteiger partial charge in [0, 0.05) is 30.5 Å². The summed E-state index contributed by atoms with van der Waals surface area (Å²) in [4.78, 5) is 0. The van der Waals surface area contributed by atoms with Crippen molar-refractivity contribution in [1.29, 1.82) is 0 Å². The van der Waals surface area contributed by atoms with Crippen LogP contribution in [0.25, 0.3) is 0 Å². The van der Waals surface area contributed by atoms with E-state index in [9.17, 15) is 0 Å². The fourth-order valence-electron chi connectivity index (χ4n) is 4.27. The van der Waals surface area contributed by atoms with Gasteiger partial charge in [0.2, 0.25) is 0 Å². The quantitative estimate of drug-likeness (QED) is 0.200. The number of thioether (sulfide) groups is 1. The molecule has 4 heteroatoms. The van der Waals surface area contributed by atoms with Gasteiger partial charge in [0.15, 0.2) is 0 Å². The molecule has 0 radical (unpaired) electrons. The number of benzene rings is 4. The second-order valence-electron chi connectivity index (χ2n) is 7.98. The smallest absolute Gasteiger partial charge is 0.127 e. The fourth-order valence-corrected chi connectivity index (χ4v) is 5.73. The Morgan fingerprint density at radius 3 is 1.68 bits per heavy atom. The van der Waals surface area contributed by atoms with Gasteiger partial charge in [-0.1, -0.05) is 97.1 Å². The van der Waals surface area contributed by atoms with Crippen LogP contribution in [0.3, 0.4) is 0 Å². The van der Waals surface area contributed by atoms with Crippen LogP contribution in [0.1, 0.15) is 22.3 Å². The summed E-state index contributed by atoms with van der Waals surface area (Å²) in [5.41, 5.74) is 4.98. The average molecular weight is 470 g/mol.